The van der Waals surface area contributed by atoms with Crippen molar-refractivity contribution < 1.29 is 9.53 Å². The minimum atomic E-state index is -0.205. The van der Waals surface area contributed by atoms with Crippen LogP contribution in [0.4, 0.5) is 17.3 Å². The SMILES string of the molecule is Cc1nc(N2CCOCC2)ncc1C(=O)Nc1ccc(N(C)C)cc1. The van der Waals surface area contributed by atoms with Gasteiger partial charge >= 0.3 is 0 Å². The van der Waals surface area contributed by atoms with Gasteiger partial charge in [-0.2, -0.15) is 0 Å². The van der Waals surface area contributed by atoms with Crippen molar-refractivity contribution in [2.75, 3.05) is 55.5 Å². The maximum absolute atomic E-state index is 12.5. The number of hydrogen-bond donors (Lipinski definition) is 1. The molecule has 2 aromatic rings. The molecule has 0 saturated carbocycles. The Morgan fingerprint density at radius 3 is 2.48 bits per heavy atom. The molecule has 0 spiro atoms. The molecule has 0 unspecified atom stereocenters. The summed E-state index contributed by atoms with van der Waals surface area (Å²) < 4.78 is 5.34. The smallest absolute Gasteiger partial charge is 0.259 e. The van der Waals surface area contributed by atoms with Gasteiger partial charge in [-0.3, -0.25) is 4.79 Å². The van der Waals surface area contributed by atoms with Crippen molar-refractivity contribution in [3.05, 3.63) is 41.7 Å². The second-order valence-corrected chi connectivity index (χ2v) is 6.16. The van der Waals surface area contributed by atoms with Gasteiger partial charge in [0.25, 0.3) is 5.91 Å². The van der Waals surface area contributed by atoms with Crippen LogP contribution >= 0.6 is 0 Å². The summed E-state index contributed by atoms with van der Waals surface area (Å²) >= 11 is 0. The van der Waals surface area contributed by atoms with E-state index < -0.39 is 0 Å². The van der Waals surface area contributed by atoms with Crippen LogP contribution in [0.5, 0.6) is 0 Å². The van der Waals surface area contributed by atoms with E-state index in [0.717, 1.165) is 24.5 Å². The van der Waals surface area contributed by atoms with Crippen molar-refractivity contribution in [3.63, 3.8) is 0 Å². The number of hydrogen-bond acceptors (Lipinski definition) is 6. The number of rotatable bonds is 4. The van der Waals surface area contributed by atoms with Crippen molar-refractivity contribution >= 4 is 23.2 Å². The average Bonchev–Trinajstić information content (AvgIpc) is 2.62. The summed E-state index contributed by atoms with van der Waals surface area (Å²) in [5, 5.41) is 2.89. The van der Waals surface area contributed by atoms with Crippen LogP contribution in [0.15, 0.2) is 30.5 Å². The molecule has 1 fully saturated rings. The molecule has 1 aliphatic heterocycles. The van der Waals surface area contributed by atoms with Crippen molar-refractivity contribution in [1.29, 1.82) is 0 Å². The Morgan fingerprint density at radius 2 is 1.88 bits per heavy atom. The van der Waals surface area contributed by atoms with Crippen LogP contribution in [0, 0.1) is 6.92 Å². The van der Waals surface area contributed by atoms with Crippen LogP contribution in [0.25, 0.3) is 0 Å². The highest BCUT2D eigenvalue weighted by Crippen LogP contribution is 2.18. The second-order valence-electron chi connectivity index (χ2n) is 6.16. The number of nitrogens with one attached hydrogen (secondary N) is 1. The van der Waals surface area contributed by atoms with E-state index in [1.807, 2.05) is 50.2 Å². The molecular weight excluding hydrogens is 318 g/mol. The molecule has 1 amide bonds. The Bertz CT molecular complexity index is 740. The molecule has 1 N–H and O–H groups in total. The highest BCUT2D eigenvalue weighted by molar-refractivity contribution is 6.04. The van der Waals surface area contributed by atoms with E-state index in [1.54, 1.807) is 6.20 Å². The standard InChI is InChI=1S/C18H23N5O2/c1-13-16(12-19-18(20-13)23-8-10-25-11-9-23)17(24)21-14-4-6-15(7-5-14)22(2)3/h4-7,12H,8-11H2,1-3H3,(H,21,24). The van der Waals surface area contributed by atoms with Gasteiger partial charge in [0.2, 0.25) is 5.95 Å². The molecule has 3 rings (SSSR count). The van der Waals surface area contributed by atoms with Gasteiger partial charge in [-0.25, -0.2) is 9.97 Å². The van der Waals surface area contributed by atoms with Crippen LogP contribution in [0.3, 0.4) is 0 Å². The van der Waals surface area contributed by atoms with Gasteiger partial charge in [0.05, 0.1) is 24.5 Å². The Labute approximate surface area is 147 Å². The predicted molar refractivity (Wildman–Crippen MR) is 98.5 cm³/mol. The van der Waals surface area contributed by atoms with Crippen molar-refractivity contribution in [2.24, 2.45) is 0 Å². The van der Waals surface area contributed by atoms with Gasteiger partial charge in [0.15, 0.2) is 0 Å². The van der Waals surface area contributed by atoms with E-state index in [-0.39, 0.29) is 5.91 Å². The largest absolute Gasteiger partial charge is 0.378 e. The minimum absolute atomic E-state index is 0.205. The van der Waals surface area contributed by atoms with Crippen LogP contribution in [0.1, 0.15) is 16.1 Å². The molecule has 7 nitrogen and oxygen atoms in total. The molecule has 0 atom stereocenters. The number of morpholine rings is 1. The molecule has 0 aliphatic carbocycles. The van der Waals surface area contributed by atoms with E-state index >= 15 is 0 Å². The number of benzene rings is 1. The van der Waals surface area contributed by atoms with E-state index in [4.69, 9.17) is 4.74 Å². The quantitative estimate of drug-likeness (QED) is 0.916. The van der Waals surface area contributed by atoms with E-state index in [1.165, 1.54) is 0 Å². The highest BCUT2D eigenvalue weighted by atomic mass is 16.5. The Kier molecular flexibility index (Phi) is 5.14. The third-order valence-corrected chi connectivity index (χ3v) is 4.15. The number of carbonyl (C=O) groups excluding carboxylic acids is 1. The number of nitrogens with zero attached hydrogens (tertiary/aromatic N) is 4. The highest BCUT2D eigenvalue weighted by Gasteiger charge is 2.17. The summed E-state index contributed by atoms with van der Waals surface area (Å²) in [5.74, 6) is 0.441. The molecule has 1 saturated heterocycles. The van der Waals surface area contributed by atoms with Gasteiger partial charge in [0, 0.05) is 44.8 Å². The number of carbonyl (C=O) groups is 1. The Morgan fingerprint density at radius 1 is 1.20 bits per heavy atom. The molecular formula is C18H23N5O2. The summed E-state index contributed by atoms with van der Waals surface area (Å²) in [6, 6.07) is 7.68. The lowest BCUT2D eigenvalue weighted by atomic mass is 10.2. The zero-order chi connectivity index (χ0) is 17.8. The molecule has 7 heteroatoms. The molecule has 0 radical (unpaired) electrons. The maximum atomic E-state index is 12.5. The number of aromatic nitrogens is 2. The molecule has 1 aromatic heterocycles. The maximum Gasteiger partial charge on any atom is 0.259 e. The van der Waals surface area contributed by atoms with Crippen molar-refractivity contribution in [3.8, 4) is 0 Å². The van der Waals surface area contributed by atoms with Crippen molar-refractivity contribution in [1.82, 2.24) is 9.97 Å². The summed E-state index contributed by atoms with van der Waals surface area (Å²) in [6.45, 7) is 4.71. The normalized spacial score (nSPS) is 14.3. The first-order valence-electron chi connectivity index (χ1n) is 8.29. The summed E-state index contributed by atoms with van der Waals surface area (Å²) in [6.07, 6.45) is 1.59. The first-order valence-corrected chi connectivity index (χ1v) is 8.29. The van der Waals surface area contributed by atoms with E-state index in [9.17, 15) is 4.79 Å². The number of ether oxygens (including phenoxy) is 1. The lowest BCUT2D eigenvalue weighted by molar-refractivity contribution is 0.102. The third kappa shape index (κ3) is 4.06. The van der Waals surface area contributed by atoms with E-state index in [0.29, 0.717) is 30.4 Å². The van der Waals surface area contributed by atoms with Crippen LogP contribution in [-0.4, -0.2) is 56.3 Å². The molecule has 132 valence electrons. The Balaban J connectivity index is 1.71. The molecule has 2 heterocycles. The zero-order valence-electron chi connectivity index (χ0n) is 14.8. The second kappa shape index (κ2) is 7.48. The predicted octanol–water partition coefficient (Wildman–Crippen LogP) is 1.94. The fraction of sp³-hybridized carbons (Fsp3) is 0.389. The minimum Gasteiger partial charge on any atom is -0.378 e. The molecule has 0 bridgehead atoms. The van der Waals surface area contributed by atoms with Gasteiger partial charge in [-0.15, -0.1) is 0 Å². The zero-order valence-corrected chi connectivity index (χ0v) is 14.8. The van der Waals surface area contributed by atoms with Crippen LogP contribution in [-0.2, 0) is 4.74 Å². The fourth-order valence-corrected chi connectivity index (χ4v) is 2.63. The summed E-state index contributed by atoms with van der Waals surface area (Å²) in [7, 11) is 3.95. The van der Waals surface area contributed by atoms with Crippen LogP contribution in [0.2, 0.25) is 0 Å². The lowest BCUT2D eigenvalue weighted by Crippen LogP contribution is -2.37. The molecule has 1 aromatic carbocycles. The van der Waals surface area contributed by atoms with Crippen molar-refractivity contribution in [2.45, 2.75) is 6.92 Å². The number of aryl methyl sites for hydroxylation is 1. The number of amides is 1. The molecule has 1 aliphatic rings. The first-order chi connectivity index (χ1) is 12.0. The van der Waals surface area contributed by atoms with Crippen LogP contribution < -0.4 is 15.1 Å². The topological polar surface area (TPSA) is 70.6 Å². The van der Waals surface area contributed by atoms with E-state index in [2.05, 4.69) is 20.2 Å². The monoisotopic (exact) mass is 341 g/mol. The summed E-state index contributed by atoms with van der Waals surface area (Å²) in [4.78, 5) is 25.4. The first kappa shape index (κ1) is 17.2. The summed E-state index contributed by atoms with van der Waals surface area (Å²) in [5.41, 5.74) is 2.97. The van der Waals surface area contributed by atoms with Gasteiger partial charge < -0.3 is 19.9 Å². The fourth-order valence-electron chi connectivity index (χ4n) is 2.63. The Hall–Kier alpha value is -2.67. The van der Waals surface area contributed by atoms with Gasteiger partial charge in [-0.05, 0) is 31.2 Å². The third-order valence-electron chi connectivity index (χ3n) is 4.15. The average molecular weight is 341 g/mol. The van der Waals surface area contributed by atoms with Gasteiger partial charge in [-0.1, -0.05) is 0 Å². The number of anilines is 3. The van der Waals surface area contributed by atoms with Gasteiger partial charge in [0.1, 0.15) is 0 Å². The lowest BCUT2D eigenvalue weighted by Gasteiger charge is -2.27. The molecule has 25 heavy (non-hydrogen) atoms.